The first kappa shape index (κ1) is 17.8. The van der Waals surface area contributed by atoms with Crippen LogP contribution in [0.2, 0.25) is 0 Å². The molecule has 0 aliphatic carbocycles. The molecule has 1 aromatic rings. The Balaban J connectivity index is 1.67. The third-order valence-corrected chi connectivity index (χ3v) is 6.29. The number of amides is 2. The van der Waals surface area contributed by atoms with E-state index in [1.54, 1.807) is 4.90 Å². The molecule has 2 saturated heterocycles. The minimum absolute atomic E-state index is 0.178. The fourth-order valence-corrected chi connectivity index (χ4v) is 4.77. The van der Waals surface area contributed by atoms with Crippen molar-refractivity contribution >= 4 is 23.6 Å². The number of hydrogen-bond acceptors (Lipinski definition) is 5. The third kappa shape index (κ3) is 2.91. The molecule has 25 heavy (non-hydrogen) atoms. The highest BCUT2D eigenvalue weighted by Crippen LogP contribution is 2.50. The van der Waals surface area contributed by atoms with Crippen molar-refractivity contribution in [2.45, 2.75) is 36.4 Å². The molecule has 0 aromatic heterocycles. The zero-order valence-corrected chi connectivity index (χ0v) is 14.8. The maximum Gasteiger partial charge on any atom is 0.254 e. The number of fused-ring (bicyclic) bond motifs is 1. The average molecular weight is 359 g/mol. The third-order valence-electron chi connectivity index (χ3n) is 4.86. The van der Waals surface area contributed by atoms with Crippen molar-refractivity contribution in [3.05, 3.63) is 35.9 Å². The number of nitrogens with zero attached hydrogens (tertiary/aromatic N) is 2. The second-order valence-corrected chi connectivity index (χ2v) is 7.84. The number of thioether (sulfide) groups is 1. The van der Waals surface area contributed by atoms with Crippen molar-refractivity contribution in [2.24, 2.45) is 5.73 Å². The van der Waals surface area contributed by atoms with Crippen LogP contribution in [0.25, 0.3) is 0 Å². The van der Waals surface area contributed by atoms with Crippen molar-refractivity contribution in [1.82, 2.24) is 9.80 Å². The quantitative estimate of drug-likeness (QED) is 0.571. The standard InChI is InChI=1S/C18H21N3O3S/c1-3-9-21-17(24)15-18(21,2)25-11-20(15)16(23)14(22)13(19)10-12-7-5-4-6-8-12/h1,4-8,13-15,22H,9-11,19H2,2H3/t13-,14-,15+,18?/m0/s1. The molecule has 1 aromatic carbocycles. The summed E-state index contributed by atoms with van der Waals surface area (Å²) in [6, 6.07) is 8.13. The van der Waals surface area contributed by atoms with E-state index in [1.807, 2.05) is 37.3 Å². The lowest BCUT2D eigenvalue weighted by molar-refractivity contribution is -0.166. The van der Waals surface area contributed by atoms with Crippen LogP contribution in [0.1, 0.15) is 12.5 Å². The monoisotopic (exact) mass is 359 g/mol. The Bertz CT molecular complexity index is 720. The van der Waals surface area contributed by atoms with Gasteiger partial charge in [0.05, 0.1) is 12.4 Å². The van der Waals surface area contributed by atoms with Crippen molar-refractivity contribution in [3.63, 3.8) is 0 Å². The normalized spacial score (nSPS) is 27.3. The van der Waals surface area contributed by atoms with Gasteiger partial charge in [-0.05, 0) is 18.9 Å². The SMILES string of the molecule is C#CCN1C(=O)[C@H]2N(C(=O)[C@@H](O)[C@@H](N)Cc3ccccc3)CSC21C. The van der Waals surface area contributed by atoms with Gasteiger partial charge in [0.2, 0.25) is 0 Å². The first-order chi connectivity index (χ1) is 11.9. The van der Waals surface area contributed by atoms with Gasteiger partial charge in [-0.1, -0.05) is 36.3 Å². The van der Waals surface area contributed by atoms with Crippen LogP contribution in [0.4, 0.5) is 0 Å². The van der Waals surface area contributed by atoms with Gasteiger partial charge in [-0.2, -0.15) is 0 Å². The second-order valence-electron chi connectivity index (χ2n) is 6.47. The van der Waals surface area contributed by atoms with Gasteiger partial charge >= 0.3 is 0 Å². The Morgan fingerprint density at radius 1 is 1.52 bits per heavy atom. The Hall–Kier alpha value is -2.01. The Morgan fingerprint density at radius 3 is 2.84 bits per heavy atom. The highest BCUT2D eigenvalue weighted by molar-refractivity contribution is 8.01. The van der Waals surface area contributed by atoms with Gasteiger partial charge in [0.15, 0.2) is 0 Å². The molecule has 2 aliphatic heterocycles. The number of carbonyl (C=O) groups is 2. The summed E-state index contributed by atoms with van der Waals surface area (Å²) in [5.74, 6) is 2.12. The second kappa shape index (κ2) is 6.71. The molecule has 1 unspecified atom stereocenters. The van der Waals surface area contributed by atoms with Crippen LogP contribution in [-0.4, -0.2) is 62.2 Å². The lowest BCUT2D eigenvalue weighted by Crippen LogP contribution is -2.73. The van der Waals surface area contributed by atoms with E-state index in [2.05, 4.69) is 5.92 Å². The molecule has 0 spiro atoms. The molecule has 2 aliphatic rings. The topological polar surface area (TPSA) is 86.9 Å². The van der Waals surface area contributed by atoms with E-state index in [4.69, 9.17) is 12.2 Å². The van der Waals surface area contributed by atoms with Crippen LogP contribution in [-0.2, 0) is 16.0 Å². The summed E-state index contributed by atoms with van der Waals surface area (Å²) >= 11 is 1.48. The highest BCUT2D eigenvalue weighted by Gasteiger charge is 2.65. The number of carbonyl (C=O) groups excluding carboxylic acids is 2. The molecule has 132 valence electrons. The number of aliphatic hydroxyl groups is 1. The lowest BCUT2D eigenvalue weighted by Gasteiger charge is -2.52. The minimum atomic E-state index is -1.35. The average Bonchev–Trinajstić information content (AvgIpc) is 2.93. The summed E-state index contributed by atoms with van der Waals surface area (Å²) in [5.41, 5.74) is 6.98. The molecule has 2 amide bonds. The van der Waals surface area contributed by atoms with Gasteiger partial charge in [-0.3, -0.25) is 9.59 Å². The fourth-order valence-electron chi connectivity index (χ4n) is 3.40. The molecular weight excluding hydrogens is 338 g/mol. The van der Waals surface area contributed by atoms with Crippen LogP contribution in [0.5, 0.6) is 0 Å². The molecule has 2 fully saturated rings. The Morgan fingerprint density at radius 2 is 2.20 bits per heavy atom. The van der Waals surface area contributed by atoms with E-state index in [1.165, 1.54) is 16.7 Å². The van der Waals surface area contributed by atoms with E-state index in [-0.39, 0.29) is 12.5 Å². The van der Waals surface area contributed by atoms with Gasteiger partial charge in [0.1, 0.15) is 17.0 Å². The molecule has 6 nitrogen and oxygen atoms in total. The largest absolute Gasteiger partial charge is 0.382 e. The maximum absolute atomic E-state index is 12.7. The molecule has 2 heterocycles. The summed E-state index contributed by atoms with van der Waals surface area (Å²) in [5, 5.41) is 10.4. The lowest BCUT2D eigenvalue weighted by atomic mass is 9.93. The van der Waals surface area contributed by atoms with Crippen LogP contribution in [0, 0.1) is 12.3 Å². The van der Waals surface area contributed by atoms with E-state index in [9.17, 15) is 14.7 Å². The summed E-state index contributed by atoms with van der Waals surface area (Å²) in [4.78, 5) is 27.5. The zero-order chi connectivity index (χ0) is 18.2. The predicted octanol–water partition coefficient (Wildman–Crippen LogP) is 0.0104. The van der Waals surface area contributed by atoms with Gasteiger partial charge in [-0.25, -0.2) is 0 Å². The smallest absolute Gasteiger partial charge is 0.254 e. The summed E-state index contributed by atoms with van der Waals surface area (Å²) in [6.07, 6.45) is 4.34. The van der Waals surface area contributed by atoms with E-state index in [0.29, 0.717) is 12.3 Å². The molecule has 7 heteroatoms. The molecule has 3 rings (SSSR count). The number of terminal acetylenes is 1. The maximum atomic E-state index is 12.7. The predicted molar refractivity (Wildman–Crippen MR) is 96.2 cm³/mol. The van der Waals surface area contributed by atoms with E-state index in [0.717, 1.165) is 5.56 Å². The number of rotatable bonds is 5. The summed E-state index contributed by atoms with van der Waals surface area (Å²) in [7, 11) is 0. The van der Waals surface area contributed by atoms with Crippen molar-refractivity contribution in [1.29, 1.82) is 0 Å². The molecule has 3 N–H and O–H groups in total. The first-order valence-electron chi connectivity index (χ1n) is 8.07. The zero-order valence-electron chi connectivity index (χ0n) is 14.0. The molecule has 0 radical (unpaired) electrons. The number of aliphatic hydroxyl groups excluding tert-OH is 1. The fraction of sp³-hybridized carbons (Fsp3) is 0.444. The number of likely N-dealkylation sites (tertiary alicyclic amines) is 1. The van der Waals surface area contributed by atoms with Crippen molar-refractivity contribution in [2.75, 3.05) is 12.4 Å². The number of hydrogen-bond donors (Lipinski definition) is 2. The summed E-state index contributed by atoms with van der Waals surface area (Å²) < 4.78 is 0. The first-order valence-corrected chi connectivity index (χ1v) is 9.05. The molecule has 0 saturated carbocycles. The Kier molecular flexibility index (Phi) is 4.78. The van der Waals surface area contributed by atoms with Crippen LogP contribution < -0.4 is 5.73 Å². The van der Waals surface area contributed by atoms with Crippen molar-refractivity contribution in [3.8, 4) is 12.3 Å². The van der Waals surface area contributed by atoms with Crippen molar-refractivity contribution < 1.29 is 14.7 Å². The number of nitrogens with two attached hydrogens (primary N) is 1. The minimum Gasteiger partial charge on any atom is -0.382 e. The Labute approximate surface area is 151 Å². The van der Waals surface area contributed by atoms with Crippen LogP contribution in [0.3, 0.4) is 0 Å². The van der Waals surface area contributed by atoms with Crippen LogP contribution in [0.15, 0.2) is 30.3 Å². The van der Waals surface area contributed by atoms with Gasteiger partial charge < -0.3 is 20.6 Å². The van der Waals surface area contributed by atoms with Gasteiger partial charge in [0.25, 0.3) is 11.8 Å². The molecular formula is C18H21N3O3S. The van der Waals surface area contributed by atoms with Gasteiger partial charge in [0, 0.05) is 6.04 Å². The number of benzene rings is 1. The summed E-state index contributed by atoms with van der Waals surface area (Å²) in [6.45, 7) is 2.11. The van der Waals surface area contributed by atoms with Crippen LogP contribution >= 0.6 is 11.8 Å². The van der Waals surface area contributed by atoms with Gasteiger partial charge in [-0.15, -0.1) is 18.2 Å². The van der Waals surface area contributed by atoms with E-state index < -0.39 is 29.0 Å². The number of β-lactam (4-membered cyclic amide) rings is 1. The van der Waals surface area contributed by atoms with E-state index >= 15 is 0 Å². The highest BCUT2D eigenvalue weighted by atomic mass is 32.2. The molecule has 0 bridgehead atoms. The molecule has 4 atom stereocenters.